The van der Waals surface area contributed by atoms with Gasteiger partial charge in [0.25, 0.3) is 5.91 Å². The van der Waals surface area contributed by atoms with Crippen LogP contribution in [0.2, 0.25) is 0 Å². The minimum absolute atomic E-state index is 0.0675. The third-order valence-corrected chi connectivity index (χ3v) is 6.05. The number of aromatic nitrogens is 3. The number of nitrogens with one attached hydrogen (secondary N) is 2. The number of nitrogens with two attached hydrogens (primary N) is 2. The normalized spacial score (nSPS) is 12.7. The van der Waals surface area contributed by atoms with Crippen molar-refractivity contribution in [3.63, 3.8) is 0 Å². The Bertz CT molecular complexity index is 1430. The molecule has 4 rings (SSSR count). The quantitative estimate of drug-likeness (QED) is 0.271. The maximum Gasteiger partial charge on any atom is 0.252 e. The van der Waals surface area contributed by atoms with Crippen LogP contribution in [0.15, 0.2) is 48.5 Å². The second kappa shape index (κ2) is 10.3. The molecule has 0 fully saturated rings. The third kappa shape index (κ3) is 5.26. The molecule has 0 saturated carbocycles. The fourth-order valence-corrected chi connectivity index (χ4v) is 4.14. The SMILES string of the molecule is COc1ccc([C@@H](Nc2nc(Nc3ccc4c(c3)c(N(C)C)nn4C)c(C(N)=O)cc2F)[C@H](C)N)cc1. The van der Waals surface area contributed by atoms with Gasteiger partial charge in [-0.25, -0.2) is 9.37 Å². The van der Waals surface area contributed by atoms with Gasteiger partial charge in [0.1, 0.15) is 11.6 Å². The van der Waals surface area contributed by atoms with Gasteiger partial charge in [0.15, 0.2) is 17.5 Å². The van der Waals surface area contributed by atoms with Crippen molar-refractivity contribution in [3.05, 3.63) is 65.5 Å². The maximum absolute atomic E-state index is 15.1. The molecule has 1 amide bonds. The first-order valence-electron chi connectivity index (χ1n) is 11.7. The van der Waals surface area contributed by atoms with Crippen LogP contribution in [-0.2, 0) is 7.05 Å². The van der Waals surface area contributed by atoms with E-state index in [-0.39, 0.29) is 23.2 Å². The van der Waals surface area contributed by atoms with Gasteiger partial charge in [0, 0.05) is 38.3 Å². The number of pyridine rings is 1. The minimum atomic E-state index is -0.809. The summed E-state index contributed by atoms with van der Waals surface area (Å²) in [6.45, 7) is 1.81. The van der Waals surface area contributed by atoms with Crippen molar-refractivity contribution < 1.29 is 13.9 Å². The Morgan fingerprint density at radius 3 is 2.43 bits per heavy atom. The number of hydrogen-bond acceptors (Lipinski definition) is 8. The highest BCUT2D eigenvalue weighted by Crippen LogP contribution is 2.31. The zero-order valence-corrected chi connectivity index (χ0v) is 21.4. The molecule has 37 heavy (non-hydrogen) atoms. The molecular formula is C26H31FN8O2. The monoisotopic (exact) mass is 506 g/mol. The highest BCUT2D eigenvalue weighted by atomic mass is 19.1. The summed E-state index contributed by atoms with van der Waals surface area (Å²) in [6.07, 6.45) is 0. The van der Waals surface area contributed by atoms with Crippen LogP contribution in [-0.4, -0.2) is 47.9 Å². The van der Waals surface area contributed by atoms with Gasteiger partial charge in [-0.3, -0.25) is 9.48 Å². The number of carbonyl (C=O) groups excluding carboxylic acids is 1. The molecule has 4 aromatic rings. The average Bonchev–Trinajstić information content (AvgIpc) is 3.19. The van der Waals surface area contributed by atoms with Crippen LogP contribution >= 0.6 is 0 Å². The van der Waals surface area contributed by atoms with Gasteiger partial charge in [-0.05, 0) is 48.9 Å². The van der Waals surface area contributed by atoms with E-state index in [1.807, 2.05) is 63.3 Å². The number of benzene rings is 2. The Hall–Kier alpha value is -4.38. The summed E-state index contributed by atoms with van der Waals surface area (Å²) in [4.78, 5) is 18.5. The second-order valence-corrected chi connectivity index (χ2v) is 9.03. The van der Waals surface area contributed by atoms with Crippen molar-refractivity contribution in [1.29, 1.82) is 0 Å². The van der Waals surface area contributed by atoms with E-state index in [1.165, 1.54) is 0 Å². The Balaban J connectivity index is 1.72. The molecule has 0 unspecified atom stereocenters. The summed E-state index contributed by atoms with van der Waals surface area (Å²) in [5.41, 5.74) is 14.1. The lowest BCUT2D eigenvalue weighted by atomic mass is 10.0. The number of rotatable bonds is 9. The number of carbonyl (C=O) groups is 1. The third-order valence-electron chi connectivity index (χ3n) is 6.05. The van der Waals surface area contributed by atoms with Gasteiger partial charge in [-0.2, -0.15) is 5.10 Å². The molecule has 0 aliphatic carbocycles. The van der Waals surface area contributed by atoms with E-state index in [1.54, 1.807) is 23.9 Å². The lowest BCUT2D eigenvalue weighted by Crippen LogP contribution is -2.31. The molecule has 6 N–H and O–H groups in total. The Morgan fingerprint density at radius 2 is 1.84 bits per heavy atom. The van der Waals surface area contributed by atoms with Gasteiger partial charge < -0.3 is 31.7 Å². The van der Waals surface area contributed by atoms with Crippen molar-refractivity contribution >= 4 is 40.0 Å². The summed E-state index contributed by atoms with van der Waals surface area (Å²) in [6, 6.07) is 13.1. The maximum atomic E-state index is 15.1. The summed E-state index contributed by atoms with van der Waals surface area (Å²) < 4.78 is 22.1. The first kappa shape index (κ1) is 25.7. The number of hydrogen-bond donors (Lipinski definition) is 4. The van der Waals surface area contributed by atoms with Crippen LogP contribution in [0.4, 0.5) is 27.5 Å². The van der Waals surface area contributed by atoms with Crippen LogP contribution in [0.25, 0.3) is 10.9 Å². The smallest absolute Gasteiger partial charge is 0.252 e. The van der Waals surface area contributed by atoms with E-state index in [0.717, 1.165) is 28.4 Å². The van der Waals surface area contributed by atoms with E-state index < -0.39 is 17.8 Å². The molecule has 194 valence electrons. The highest BCUT2D eigenvalue weighted by Gasteiger charge is 2.22. The van der Waals surface area contributed by atoms with Crippen LogP contribution in [0.5, 0.6) is 5.75 Å². The number of primary amides is 1. The minimum Gasteiger partial charge on any atom is -0.497 e. The Kier molecular flexibility index (Phi) is 7.16. The molecule has 0 spiro atoms. The van der Waals surface area contributed by atoms with E-state index in [0.29, 0.717) is 11.4 Å². The summed E-state index contributed by atoms with van der Waals surface area (Å²) >= 11 is 0. The van der Waals surface area contributed by atoms with Crippen LogP contribution in [0.3, 0.4) is 0 Å². The zero-order valence-electron chi connectivity index (χ0n) is 21.4. The molecule has 0 aliphatic heterocycles. The molecule has 0 bridgehead atoms. The molecule has 0 radical (unpaired) electrons. The standard InChI is InChI=1S/C26H31FN8O2/c1-14(28)22(15-6-9-17(37-5)10-7-15)31-25-20(27)13-19(23(29)36)24(32-25)30-16-8-11-21-18(12-16)26(34(2)3)33-35(21)4/h6-14,22H,28H2,1-5H3,(H2,29,36)(H2,30,31,32)/t14-,22-/m0/s1. The molecule has 2 atom stereocenters. The van der Waals surface area contributed by atoms with Crippen molar-refractivity contribution in [3.8, 4) is 5.75 Å². The van der Waals surface area contributed by atoms with Gasteiger partial charge in [-0.15, -0.1) is 0 Å². The van der Waals surface area contributed by atoms with E-state index in [2.05, 4.69) is 20.7 Å². The average molecular weight is 507 g/mol. The van der Waals surface area contributed by atoms with E-state index in [9.17, 15) is 4.79 Å². The van der Waals surface area contributed by atoms with Crippen molar-refractivity contribution in [2.45, 2.75) is 19.0 Å². The molecule has 10 nitrogen and oxygen atoms in total. The van der Waals surface area contributed by atoms with Crippen LogP contribution < -0.4 is 31.7 Å². The Morgan fingerprint density at radius 1 is 1.14 bits per heavy atom. The fourth-order valence-electron chi connectivity index (χ4n) is 4.14. The summed E-state index contributed by atoms with van der Waals surface area (Å²) in [5.74, 6) is -0.0140. The molecule has 11 heteroatoms. The van der Waals surface area contributed by atoms with Gasteiger partial charge in [0.2, 0.25) is 0 Å². The van der Waals surface area contributed by atoms with Crippen LogP contribution in [0.1, 0.15) is 28.9 Å². The molecule has 2 aromatic heterocycles. The predicted molar refractivity (Wildman–Crippen MR) is 144 cm³/mol. The number of ether oxygens (including phenoxy) is 1. The van der Waals surface area contributed by atoms with Gasteiger partial charge in [0.05, 0.1) is 24.2 Å². The largest absolute Gasteiger partial charge is 0.497 e. The summed E-state index contributed by atoms with van der Waals surface area (Å²) in [5, 5.41) is 11.7. The number of nitrogens with zero attached hydrogens (tertiary/aromatic N) is 4. The Labute approximate surface area is 214 Å². The second-order valence-electron chi connectivity index (χ2n) is 9.03. The number of methoxy groups -OCH3 is 1. The van der Waals surface area contributed by atoms with Gasteiger partial charge in [-0.1, -0.05) is 12.1 Å². The molecule has 2 aromatic carbocycles. The topological polar surface area (TPSA) is 136 Å². The molecule has 2 heterocycles. The number of halogens is 1. The van der Waals surface area contributed by atoms with Crippen molar-refractivity contribution in [2.24, 2.45) is 18.5 Å². The number of anilines is 4. The summed E-state index contributed by atoms with van der Waals surface area (Å²) in [7, 11) is 7.26. The lowest BCUT2D eigenvalue weighted by molar-refractivity contribution is 0.100. The molecule has 0 saturated heterocycles. The number of amides is 1. The fraction of sp³-hybridized carbons (Fsp3) is 0.269. The number of fused-ring (bicyclic) bond motifs is 1. The molecule has 0 aliphatic rings. The van der Waals surface area contributed by atoms with Crippen molar-refractivity contribution in [2.75, 3.05) is 36.7 Å². The van der Waals surface area contributed by atoms with Gasteiger partial charge >= 0.3 is 0 Å². The predicted octanol–water partition coefficient (Wildman–Crippen LogP) is 3.52. The number of aryl methyl sites for hydroxylation is 1. The van der Waals surface area contributed by atoms with Crippen molar-refractivity contribution in [1.82, 2.24) is 14.8 Å². The first-order valence-corrected chi connectivity index (χ1v) is 11.7. The zero-order chi connectivity index (χ0) is 26.9. The van der Waals surface area contributed by atoms with Crippen LogP contribution in [0, 0.1) is 5.82 Å². The lowest BCUT2D eigenvalue weighted by Gasteiger charge is -2.24. The molecular weight excluding hydrogens is 475 g/mol. The highest BCUT2D eigenvalue weighted by molar-refractivity contribution is 5.99. The van der Waals surface area contributed by atoms with E-state index in [4.69, 9.17) is 16.2 Å². The van der Waals surface area contributed by atoms with E-state index >= 15 is 4.39 Å². The first-order chi connectivity index (χ1) is 17.6.